The Bertz CT molecular complexity index is 782. The van der Waals surface area contributed by atoms with Gasteiger partial charge in [-0.25, -0.2) is 0 Å². The van der Waals surface area contributed by atoms with Crippen molar-refractivity contribution < 1.29 is 9.13 Å². The van der Waals surface area contributed by atoms with Gasteiger partial charge in [0.05, 0.1) is 4.92 Å². The first-order valence-electron chi connectivity index (χ1n) is 7.66. The van der Waals surface area contributed by atoms with Crippen LogP contribution in [0.5, 0.6) is 0 Å². The molecule has 1 unspecified atom stereocenters. The topological polar surface area (TPSA) is 72.2 Å². The Labute approximate surface area is 144 Å². The standard InChI is InChI=1S/C18H22N2O3S/c1-13-8-9-16(17(10-13)20(21)22)19-15-7-5-6-14(11-15)12-24(23)18(2,3)4/h5-11,19H,12H2,1-4H3. The molecule has 0 aromatic heterocycles. The third-order valence-corrected chi connectivity index (χ3v) is 5.50. The van der Waals surface area contributed by atoms with Gasteiger partial charge < -0.3 is 5.32 Å². The van der Waals surface area contributed by atoms with Gasteiger partial charge in [-0.2, -0.15) is 0 Å². The molecule has 2 rings (SSSR count). The number of rotatable bonds is 5. The maximum absolute atomic E-state index is 12.3. The second kappa shape index (κ2) is 7.13. The summed E-state index contributed by atoms with van der Waals surface area (Å²) in [5, 5.41) is 14.3. The number of hydrogen-bond acceptors (Lipinski definition) is 4. The third-order valence-electron chi connectivity index (χ3n) is 3.54. The molecule has 0 saturated carbocycles. The van der Waals surface area contributed by atoms with Gasteiger partial charge in [0.1, 0.15) is 5.69 Å². The second-order valence-corrected chi connectivity index (χ2v) is 8.91. The molecule has 5 nitrogen and oxygen atoms in total. The van der Waals surface area contributed by atoms with Gasteiger partial charge in [0, 0.05) is 33.1 Å². The zero-order valence-electron chi connectivity index (χ0n) is 14.3. The average molecular weight is 346 g/mol. The van der Waals surface area contributed by atoms with Crippen molar-refractivity contribution in [2.24, 2.45) is 0 Å². The highest BCUT2D eigenvalue weighted by Gasteiger charge is 2.20. The zero-order chi connectivity index (χ0) is 17.9. The molecular formula is C18H22N2O3S. The molecule has 0 aliphatic carbocycles. The predicted octanol–water partition coefficient (Wildman–Crippen LogP) is 4.69. The number of nitrogens with zero attached hydrogens (tertiary/aromatic N) is 1. The fourth-order valence-corrected chi connectivity index (χ4v) is 3.08. The molecule has 0 saturated heterocycles. The van der Waals surface area contributed by atoms with Crippen LogP contribution in [-0.2, 0) is 16.6 Å². The lowest BCUT2D eigenvalue weighted by Gasteiger charge is -2.18. The summed E-state index contributed by atoms with van der Waals surface area (Å²) >= 11 is 0. The highest BCUT2D eigenvalue weighted by Crippen LogP contribution is 2.29. The van der Waals surface area contributed by atoms with E-state index < -0.39 is 15.7 Å². The SMILES string of the molecule is Cc1ccc(Nc2cccc(CS(=O)C(C)(C)C)c2)c([N+](=O)[O-])c1. The van der Waals surface area contributed by atoms with Gasteiger partial charge in [-0.3, -0.25) is 14.3 Å². The molecule has 128 valence electrons. The van der Waals surface area contributed by atoms with Crippen LogP contribution in [0.15, 0.2) is 42.5 Å². The van der Waals surface area contributed by atoms with Crippen LogP contribution < -0.4 is 5.32 Å². The van der Waals surface area contributed by atoms with Crippen LogP contribution in [0.3, 0.4) is 0 Å². The number of benzene rings is 2. The maximum Gasteiger partial charge on any atom is 0.292 e. The van der Waals surface area contributed by atoms with E-state index in [0.29, 0.717) is 11.4 Å². The van der Waals surface area contributed by atoms with Crippen molar-refractivity contribution >= 4 is 27.9 Å². The van der Waals surface area contributed by atoms with Crippen LogP contribution in [0, 0.1) is 17.0 Å². The summed E-state index contributed by atoms with van der Waals surface area (Å²) in [6, 6.07) is 12.6. The normalized spacial score (nSPS) is 12.7. The van der Waals surface area contributed by atoms with Crippen molar-refractivity contribution in [2.45, 2.75) is 38.2 Å². The lowest BCUT2D eigenvalue weighted by Crippen LogP contribution is -2.22. The van der Waals surface area contributed by atoms with E-state index in [2.05, 4.69) is 5.32 Å². The van der Waals surface area contributed by atoms with Gasteiger partial charge in [0.25, 0.3) is 5.69 Å². The Morgan fingerprint density at radius 3 is 2.50 bits per heavy atom. The molecule has 24 heavy (non-hydrogen) atoms. The minimum absolute atomic E-state index is 0.0404. The molecule has 0 heterocycles. The minimum Gasteiger partial charge on any atom is -0.350 e. The monoisotopic (exact) mass is 346 g/mol. The lowest BCUT2D eigenvalue weighted by molar-refractivity contribution is -0.384. The van der Waals surface area contributed by atoms with Gasteiger partial charge in [0.2, 0.25) is 0 Å². The van der Waals surface area contributed by atoms with Gasteiger partial charge in [-0.1, -0.05) is 18.2 Å². The molecular weight excluding hydrogens is 324 g/mol. The fourth-order valence-electron chi connectivity index (χ4n) is 2.16. The first kappa shape index (κ1) is 18.1. The van der Waals surface area contributed by atoms with Crippen LogP contribution in [-0.4, -0.2) is 13.9 Å². The number of nitro benzene ring substituents is 1. The molecule has 2 aromatic carbocycles. The smallest absolute Gasteiger partial charge is 0.292 e. The molecule has 0 bridgehead atoms. The van der Waals surface area contributed by atoms with Crippen molar-refractivity contribution in [1.29, 1.82) is 0 Å². The molecule has 0 fully saturated rings. The van der Waals surface area contributed by atoms with E-state index in [1.54, 1.807) is 12.1 Å². The molecule has 1 atom stereocenters. The number of aryl methyl sites for hydroxylation is 1. The zero-order valence-corrected chi connectivity index (χ0v) is 15.1. The van der Waals surface area contributed by atoms with Crippen molar-refractivity contribution in [1.82, 2.24) is 0 Å². The maximum atomic E-state index is 12.3. The van der Waals surface area contributed by atoms with E-state index in [-0.39, 0.29) is 10.4 Å². The molecule has 6 heteroatoms. The third kappa shape index (κ3) is 4.64. The summed E-state index contributed by atoms with van der Waals surface area (Å²) in [7, 11) is -0.994. The second-order valence-electron chi connectivity index (χ2n) is 6.71. The molecule has 2 aromatic rings. The lowest BCUT2D eigenvalue weighted by atomic mass is 10.1. The number of anilines is 2. The van der Waals surface area contributed by atoms with Crippen molar-refractivity contribution in [3.63, 3.8) is 0 Å². The molecule has 0 radical (unpaired) electrons. The molecule has 0 aliphatic heterocycles. The van der Waals surface area contributed by atoms with Gasteiger partial charge in [0.15, 0.2) is 0 Å². The van der Waals surface area contributed by atoms with Crippen LogP contribution in [0.1, 0.15) is 31.9 Å². The summed E-state index contributed by atoms with van der Waals surface area (Å²) in [6.45, 7) is 7.65. The summed E-state index contributed by atoms with van der Waals surface area (Å²) in [4.78, 5) is 10.8. The van der Waals surface area contributed by atoms with E-state index in [4.69, 9.17) is 0 Å². The van der Waals surface area contributed by atoms with E-state index in [0.717, 1.165) is 16.8 Å². The molecule has 0 amide bonds. The number of nitrogens with one attached hydrogen (secondary N) is 1. The Kier molecular flexibility index (Phi) is 5.39. The van der Waals surface area contributed by atoms with Crippen molar-refractivity contribution in [3.05, 3.63) is 63.7 Å². The Morgan fingerprint density at radius 2 is 1.88 bits per heavy atom. The highest BCUT2D eigenvalue weighted by atomic mass is 32.2. The van der Waals surface area contributed by atoms with Crippen molar-refractivity contribution in [3.8, 4) is 0 Å². The summed E-state index contributed by atoms with van der Waals surface area (Å²) in [5.41, 5.74) is 2.99. The first-order chi connectivity index (χ1) is 11.2. The Morgan fingerprint density at radius 1 is 1.17 bits per heavy atom. The minimum atomic E-state index is -0.994. The predicted molar refractivity (Wildman–Crippen MR) is 99.2 cm³/mol. The fraction of sp³-hybridized carbons (Fsp3) is 0.333. The molecule has 1 N–H and O–H groups in total. The Balaban J connectivity index is 2.25. The van der Waals surface area contributed by atoms with E-state index >= 15 is 0 Å². The van der Waals surface area contributed by atoms with Gasteiger partial charge in [-0.15, -0.1) is 0 Å². The van der Waals surface area contributed by atoms with E-state index in [1.807, 2.05) is 58.0 Å². The summed E-state index contributed by atoms with van der Waals surface area (Å²) < 4.78 is 12.0. The molecule has 0 aliphatic rings. The molecule has 0 spiro atoms. The van der Waals surface area contributed by atoms with Crippen LogP contribution in [0.2, 0.25) is 0 Å². The highest BCUT2D eigenvalue weighted by molar-refractivity contribution is 7.85. The van der Waals surface area contributed by atoms with Crippen LogP contribution in [0.4, 0.5) is 17.1 Å². The van der Waals surface area contributed by atoms with Crippen LogP contribution in [0.25, 0.3) is 0 Å². The average Bonchev–Trinajstić information content (AvgIpc) is 2.48. The Hall–Kier alpha value is -2.21. The number of hydrogen-bond donors (Lipinski definition) is 1. The van der Waals surface area contributed by atoms with Gasteiger partial charge in [-0.05, 0) is 57.0 Å². The van der Waals surface area contributed by atoms with E-state index in [1.165, 1.54) is 0 Å². The summed E-state index contributed by atoms with van der Waals surface area (Å²) in [6.07, 6.45) is 0. The van der Waals surface area contributed by atoms with Gasteiger partial charge >= 0.3 is 0 Å². The van der Waals surface area contributed by atoms with Crippen molar-refractivity contribution in [2.75, 3.05) is 5.32 Å². The largest absolute Gasteiger partial charge is 0.350 e. The quantitative estimate of drug-likeness (QED) is 0.629. The first-order valence-corrected chi connectivity index (χ1v) is 8.98. The number of nitro groups is 1. The summed E-state index contributed by atoms with van der Waals surface area (Å²) in [5.74, 6) is 0.453. The van der Waals surface area contributed by atoms with E-state index in [9.17, 15) is 14.3 Å². The van der Waals surface area contributed by atoms with Crippen LogP contribution >= 0.6 is 0 Å².